The molecule has 0 aliphatic carbocycles. The van der Waals surface area contributed by atoms with Gasteiger partial charge in [0, 0.05) is 59.8 Å². The van der Waals surface area contributed by atoms with Crippen LogP contribution in [0.2, 0.25) is 0 Å². The topological polar surface area (TPSA) is 123 Å². The number of fused-ring (bicyclic) bond motifs is 1. The molecule has 4 heterocycles. The summed E-state index contributed by atoms with van der Waals surface area (Å²) in [5, 5.41) is 3.33. The molecule has 1 aliphatic rings. The Balaban J connectivity index is 1.51. The van der Waals surface area contributed by atoms with E-state index in [-0.39, 0.29) is 48.0 Å². The van der Waals surface area contributed by atoms with Crippen LogP contribution in [-0.2, 0) is 16.3 Å². The second-order valence-corrected chi connectivity index (χ2v) is 13.1. The average Bonchev–Trinajstić information content (AvgIpc) is 3.22. The number of aromatic nitrogens is 5. The van der Waals surface area contributed by atoms with Crippen LogP contribution >= 0.6 is 0 Å². The lowest BCUT2D eigenvalue weighted by Gasteiger charge is -2.41. The Labute approximate surface area is 252 Å². The molecule has 1 atom stereocenters. The predicted octanol–water partition coefficient (Wildman–Crippen LogP) is 3.96. The normalized spacial score (nSPS) is 16.2. The van der Waals surface area contributed by atoms with Crippen LogP contribution in [0, 0.1) is 0 Å². The van der Waals surface area contributed by atoms with E-state index < -0.39 is 21.9 Å². The fraction of sp³-hybridized carbons (Fsp3) is 0.357. The molecule has 1 aliphatic heterocycles. The van der Waals surface area contributed by atoms with Crippen LogP contribution < -0.4 is 20.5 Å². The Kier molecular flexibility index (Phi) is 8.40. The van der Waals surface area contributed by atoms with Crippen LogP contribution in [-0.4, -0.2) is 91.9 Å². The molecule has 1 aromatic carbocycles. The summed E-state index contributed by atoms with van der Waals surface area (Å²) in [5.41, 5.74) is 0.949. The maximum Gasteiger partial charge on any atom is 0.405 e. The van der Waals surface area contributed by atoms with E-state index in [1.807, 2.05) is 0 Å². The van der Waals surface area contributed by atoms with Gasteiger partial charge in [-0.3, -0.25) is 9.69 Å². The van der Waals surface area contributed by atoms with Gasteiger partial charge in [0.25, 0.3) is 5.56 Å². The van der Waals surface area contributed by atoms with E-state index in [0.29, 0.717) is 29.5 Å². The van der Waals surface area contributed by atoms with Crippen LogP contribution in [0.15, 0.2) is 64.4 Å². The third-order valence-electron chi connectivity index (χ3n) is 7.03. The fourth-order valence-electron chi connectivity index (χ4n) is 5.01. The van der Waals surface area contributed by atoms with E-state index in [2.05, 4.69) is 31.2 Å². The Hall–Kier alpha value is -4.44. The van der Waals surface area contributed by atoms with E-state index >= 15 is 0 Å². The van der Waals surface area contributed by atoms with Crippen molar-refractivity contribution in [1.29, 1.82) is 0 Å². The summed E-state index contributed by atoms with van der Waals surface area (Å²) in [6.45, 7) is 4.33. The Bertz CT molecular complexity index is 1890. The number of allylic oxidation sites excluding steroid dienone is 1. The standard InChI is InChI=1S/C28H32F3N9O3S/c1-6-12-39-26(41)19-16-32-27(35-25(19)40(39)24-9-7-8-23(34-24)36-44(4,5)42)33-18-10-11-20(21(15-18)43-3)38-14-13-37(2)22(17-38)28(29,30)31/h6-11,15-16,22H,1,12-14,17H2,2-5H3,(H,32,33,35). The van der Waals surface area contributed by atoms with Gasteiger partial charge in [-0.1, -0.05) is 12.1 Å². The van der Waals surface area contributed by atoms with Crippen molar-refractivity contribution in [2.24, 2.45) is 4.36 Å². The summed E-state index contributed by atoms with van der Waals surface area (Å²) in [7, 11) is 0.435. The third kappa shape index (κ3) is 6.40. The molecule has 4 aromatic rings. The van der Waals surface area contributed by atoms with E-state index in [4.69, 9.17) is 4.74 Å². The predicted molar refractivity (Wildman–Crippen MR) is 164 cm³/mol. The number of piperazine rings is 1. The molecule has 1 fully saturated rings. The maximum absolute atomic E-state index is 13.6. The average molecular weight is 632 g/mol. The number of benzene rings is 1. The van der Waals surface area contributed by atoms with Gasteiger partial charge in [0.1, 0.15) is 17.2 Å². The van der Waals surface area contributed by atoms with Gasteiger partial charge in [-0.2, -0.15) is 22.5 Å². The van der Waals surface area contributed by atoms with Crippen molar-refractivity contribution in [2.45, 2.75) is 18.8 Å². The van der Waals surface area contributed by atoms with Crippen molar-refractivity contribution in [2.75, 3.05) is 56.5 Å². The van der Waals surface area contributed by atoms with Crippen LogP contribution in [0.3, 0.4) is 0 Å². The highest BCUT2D eigenvalue weighted by Crippen LogP contribution is 2.36. The Morgan fingerprint density at radius 1 is 1.20 bits per heavy atom. The van der Waals surface area contributed by atoms with E-state index in [1.165, 1.54) is 47.1 Å². The maximum atomic E-state index is 13.6. The van der Waals surface area contributed by atoms with E-state index in [9.17, 15) is 22.2 Å². The molecule has 0 radical (unpaired) electrons. The molecule has 0 spiro atoms. The van der Waals surface area contributed by atoms with Crippen molar-refractivity contribution in [1.82, 2.24) is 29.2 Å². The molecule has 0 bridgehead atoms. The van der Waals surface area contributed by atoms with Gasteiger partial charge < -0.3 is 15.0 Å². The monoisotopic (exact) mass is 631 g/mol. The van der Waals surface area contributed by atoms with E-state index in [1.54, 1.807) is 47.4 Å². The number of anilines is 3. The molecule has 16 heteroatoms. The fourth-order valence-corrected chi connectivity index (χ4v) is 5.56. The summed E-state index contributed by atoms with van der Waals surface area (Å²) < 4.78 is 65.7. The lowest BCUT2D eigenvalue weighted by molar-refractivity contribution is -0.180. The van der Waals surface area contributed by atoms with Gasteiger partial charge >= 0.3 is 6.18 Å². The van der Waals surface area contributed by atoms with Crippen LogP contribution in [0.1, 0.15) is 0 Å². The molecule has 234 valence electrons. The van der Waals surface area contributed by atoms with Crippen molar-refractivity contribution in [3.63, 3.8) is 0 Å². The van der Waals surface area contributed by atoms with Gasteiger partial charge in [-0.15, -0.1) is 6.58 Å². The van der Waals surface area contributed by atoms with Gasteiger partial charge in [-0.25, -0.2) is 23.5 Å². The number of ether oxygens (including phenoxy) is 1. The van der Waals surface area contributed by atoms with Gasteiger partial charge in [0.15, 0.2) is 17.3 Å². The quantitative estimate of drug-likeness (QED) is 0.288. The minimum Gasteiger partial charge on any atom is -0.495 e. The first kappa shape index (κ1) is 31.0. The molecular formula is C28H32F3N9O3S. The van der Waals surface area contributed by atoms with Gasteiger partial charge in [-0.05, 0) is 31.3 Å². The molecule has 3 aromatic heterocycles. The molecule has 5 rings (SSSR count). The Morgan fingerprint density at radius 2 is 1.98 bits per heavy atom. The molecule has 44 heavy (non-hydrogen) atoms. The molecule has 1 N–H and O–H groups in total. The van der Waals surface area contributed by atoms with Crippen molar-refractivity contribution in [3.05, 3.63) is 65.6 Å². The minimum absolute atomic E-state index is 0.152. The first-order valence-electron chi connectivity index (χ1n) is 13.5. The van der Waals surface area contributed by atoms with Crippen LogP contribution in [0.4, 0.5) is 36.3 Å². The molecule has 1 unspecified atom stereocenters. The smallest absolute Gasteiger partial charge is 0.405 e. The zero-order chi connectivity index (χ0) is 31.8. The van der Waals surface area contributed by atoms with Crippen molar-refractivity contribution < 1.29 is 22.1 Å². The van der Waals surface area contributed by atoms with Crippen LogP contribution in [0.5, 0.6) is 5.75 Å². The highest BCUT2D eigenvalue weighted by molar-refractivity contribution is 7.92. The lowest BCUT2D eigenvalue weighted by atomic mass is 10.1. The number of alkyl halides is 3. The molecule has 1 saturated heterocycles. The SMILES string of the molecule is C=CCn1c(=O)c2cnc(Nc3ccc(N4CCN(C)C(C(F)(F)F)C4)c(OC)c3)nc2n1-c1cccc(N=S(C)(C)=O)n1. The second kappa shape index (κ2) is 11.9. The van der Waals surface area contributed by atoms with E-state index in [0.717, 1.165) is 0 Å². The highest BCUT2D eigenvalue weighted by Gasteiger charge is 2.45. The summed E-state index contributed by atoms with van der Waals surface area (Å²) in [4.78, 5) is 29.7. The number of methoxy groups -OCH3 is 1. The number of nitrogens with zero attached hydrogens (tertiary/aromatic N) is 8. The Morgan fingerprint density at radius 3 is 2.66 bits per heavy atom. The molecule has 0 amide bonds. The summed E-state index contributed by atoms with van der Waals surface area (Å²) in [6.07, 6.45) is 1.60. The first-order chi connectivity index (χ1) is 20.8. The number of likely N-dealkylation sites (N-methyl/N-ethyl adjacent to an activating group) is 1. The summed E-state index contributed by atoms with van der Waals surface area (Å²) >= 11 is 0. The third-order valence-corrected chi connectivity index (χ3v) is 7.66. The van der Waals surface area contributed by atoms with Gasteiger partial charge in [0.2, 0.25) is 5.95 Å². The lowest BCUT2D eigenvalue weighted by Crippen LogP contribution is -2.57. The summed E-state index contributed by atoms with van der Waals surface area (Å²) in [6, 6.07) is 8.41. The minimum atomic E-state index is -4.36. The highest BCUT2D eigenvalue weighted by atomic mass is 32.2. The number of pyridine rings is 1. The number of hydrogen-bond acceptors (Lipinski definition) is 10. The number of hydrogen-bond donors (Lipinski definition) is 1. The second-order valence-electron chi connectivity index (χ2n) is 10.5. The zero-order valence-corrected chi connectivity index (χ0v) is 25.4. The number of halogens is 3. The van der Waals surface area contributed by atoms with Crippen LogP contribution in [0.25, 0.3) is 16.9 Å². The van der Waals surface area contributed by atoms with Crippen molar-refractivity contribution in [3.8, 4) is 11.6 Å². The number of nitrogens with one attached hydrogen (secondary N) is 1. The van der Waals surface area contributed by atoms with Gasteiger partial charge in [0.05, 0.1) is 19.3 Å². The van der Waals surface area contributed by atoms with Crippen molar-refractivity contribution >= 4 is 43.9 Å². The molecule has 0 saturated carbocycles. The largest absolute Gasteiger partial charge is 0.495 e. The summed E-state index contributed by atoms with van der Waals surface area (Å²) in [5.74, 6) is 1.09. The zero-order valence-electron chi connectivity index (χ0n) is 24.6. The number of rotatable bonds is 8. The molecule has 12 nitrogen and oxygen atoms in total. The molecular weight excluding hydrogens is 599 g/mol. The first-order valence-corrected chi connectivity index (χ1v) is 15.8.